The van der Waals surface area contributed by atoms with E-state index in [1.165, 1.54) is 0 Å². The van der Waals surface area contributed by atoms with E-state index in [2.05, 4.69) is 10.9 Å². The minimum atomic E-state index is -1.09. The molecule has 118 valence electrons. The second-order valence-corrected chi connectivity index (χ2v) is 7.07. The third-order valence-electron chi connectivity index (χ3n) is 5.91. The molecule has 0 radical (unpaired) electrons. The second kappa shape index (κ2) is 4.48. The zero-order valence-corrected chi connectivity index (χ0v) is 13.4. The fraction of sp³-hybridized carbons (Fsp3) is 0.529. The van der Waals surface area contributed by atoms with Crippen LogP contribution in [-0.4, -0.2) is 17.5 Å². The van der Waals surface area contributed by atoms with Crippen LogP contribution in [-0.2, 0) is 14.3 Å². The molecule has 1 aliphatic carbocycles. The van der Waals surface area contributed by atoms with Crippen LogP contribution in [0.4, 0.5) is 5.69 Å². The summed E-state index contributed by atoms with van der Waals surface area (Å²) in [5, 5.41) is 0. The van der Waals surface area contributed by atoms with Crippen LogP contribution < -0.4 is 10.9 Å². The standard InChI is InChI=1S/C17H22N2O3/c1-11-7-5-6-8-12(11)18-19-13(20)17-10-9-16(4,14(21)22-17)15(17,2)3/h5-8,18H,9-10H2,1-4H3,(H,19,20). The lowest BCUT2D eigenvalue weighted by Gasteiger charge is -2.35. The Hall–Kier alpha value is -2.04. The van der Waals surface area contributed by atoms with Gasteiger partial charge in [-0.15, -0.1) is 0 Å². The number of esters is 1. The Balaban J connectivity index is 1.81. The number of hydrogen-bond acceptors (Lipinski definition) is 4. The third kappa shape index (κ3) is 1.65. The number of amides is 1. The number of hydrazine groups is 1. The van der Waals surface area contributed by atoms with Gasteiger partial charge in [0.1, 0.15) is 0 Å². The molecule has 1 aromatic rings. The third-order valence-corrected chi connectivity index (χ3v) is 5.91. The molecule has 1 aromatic carbocycles. The van der Waals surface area contributed by atoms with Crippen molar-refractivity contribution in [3.8, 4) is 0 Å². The highest BCUT2D eigenvalue weighted by Crippen LogP contribution is 2.65. The number of hydrogen-bond donors (Lipinski definition) is 2. The molecule has 2 bridgehead atoms. The van der Waals surface area contributed by atoms with Crippen LogP contribution in [0.1, 0.15) is 39.2 Å². The van der Waals surface area contributed by atoms with Crippen molar-refractivity contribution < 1.29 is 14.3 Å². The molecule has 2 fully saturated rings. The van der Waals surface area contributed by atoms with Crippen LogP contribution >= 0.6 is 0 Å². The van der Waals surface area contributed by atoms with Gasteiger partial charge in [-0.2, -0.15) is 0 Å². The molecule has 2 N–H and O–H groups in total. The number of nitrogens with one attached hydrogen (secondary N) is 2. The predicted octanol–water partition coefficient (Wildman–Crippen LogP) is 2.56. The summed E-state index contributed by atoms with van der Waals surface area (Å²) in [6, 6.07) is 7.67. The zero-order valence-electron chi connectivity index (χ0n) is 13.4. The summed E-state index contributed by atoms with van der Waals surface area (Å²) in [7, 11) is 0. The van der Waals surface area contributed by atoms with Crippen molar-refractivity contribution in [2.75, 3.05) is 5.43 Å². The Morgan fingerprint density at radius 1 is 1.18 bits per heavy atom. The highest BCUT2D eigenvalue weighted by Gasteiger charge is 2.75. The summed E-state index contributed by atoms with van der Waals surface area (Å²) in [6.45, 7) is 7.74. The van der Waals surface area contributed by atoms with Gasteiger partial charge in [-0.1, -0.05) is 32.0 Å². The first kappa shape index (κ1) is 14.9. The summed E-state index contributed by atoms with van der Waals surface area (Å²) >= 11 is 0. The van der Waals surface area contributed by atoms with Gasteiger partial charge in [0.15, 0.2) is 5.60 Å². The van der Waals surface area contributed by atoms with Crippen molar-refractivity contribution in [3.05, 3.63) is 29.8 Å². The van der Waals surface area contributed by atoms with Crippen molar-refractivity contribution >= 4 is 17.6 Å². The Kier molecular flexibility index (Phi) is 3.03. The molecule has 2 unspecified atom stereocenters. The normalized spacial score (nSPS) is 31.7. The zero-order chi connectivity index (χ0) is 16.2. The fourth-order valence-electron chi connectivity index (χ4n) is 3.69. The minimum Gasteiger partial charge on any atom is -0.448 e. The smallest absolute Gasteiger partial charge is 0.313 e. The van der Waals surface area contributed by atoms with Crippen LogP contribution in [0.3, 0.4) is 0 Å². The molecule has 22 heavy (non-hydrogen) atoms. The van der Waals surface area contributed by atoms with Crippen LogP contribution in [0.25, 0.3) is 0 Å². The fourth-order valence-corrected chi connectivity index (χ4v) is 3.69. The molecule has 2 aliphatic rings. The van der Waals surface area contributed by atoms with Crippen LogP contribution in [0.15, 0.2) is 24.3 Å². The molecule has 0 spiro atoms. The number of ether oxygens (including phenoxy) is 1. The van der Waals surface area contributed by atoms with E-state index < -0.39 is 16.4 Å². The van der Waals surface area contributed by atoms with Gasteiger partial charge in [0.25, 0.3) is 5.91 Å². The lowest BCUT2D eigenvalue weighted by molar-refractivity contribution is -0.168. The molecule has 5 heteroatoms. The average molecular weight is 302 g/mol. The molecule has 5 nitrogen and oxygen atoms in total. The van der Waals surface area contributed by atoms with Gasteiger partial charge in [-0.3, -0.25) is 20.4 Å². The number of benzene rings is 1. The van der Waals surface area contributed by atoms with Crippen molar-refractivity contribution in [1.82, 2.24) is 5.43 Å². The number of rotatable bonds is 3. The van der Waals surface area contributed by atoms with E-state index in [-0.39, 0.29) is 11.9 Å². The number of anilines is 1. The molecule has 1 saturated heterocycles. The van der Waals surface area contributed by atoms with Gasteiger partial charge in [0.2, 0.25) is 0 Å². The highest BCUT2D eigenvalue weighted by atomic mass is 16.6. The first-order valence-electron chi connectivity index (χ1n) is 7.60. The van der Waals surface area contributed by atoms with Gasteiger partial charge in [0, 0.05) is 5.41 Å². The van der Waals surface area contributed by atoms with E-state index in [1.807, 2.05) is 52.0 Å². The maximum absolute atomic E-state index is 12.8. The maximum Gasteiger partial charge on any atom is 0.313 e. The van der Waals surface area contributed by atoms with Gasteiger partial charge in [-0.25, -0.2) is 0 Å². The summed E-state index contributed by atoms with van der Waals surface area (Å²) in [4.78, 5) is 25.0. The largest absolute Gasteiger partial charge is 0.448 e. The number of para-hydroxylation sites is 1. The van der Waals surface area contributed by atoms with E-state index >= 15 is 0 Å². The van der Waals surface area contributed by atoms with Gasteiger partial charge >= 0.3 is 5.97 Å². The van der Waals surface area contributed by atoms with Crippen molar-refractivity contribution in [1.29, 1.82) is 0 Å². The minimum absolute atomic E-state index is 0.269. The first-order valence-corrected chi connectivity index (χ1v) is 7.60. The SMILES string of the molecule is Cc1ccccc1NNC(=O)C12CCC(C)(C(=O)O1)C2(C)C. The summed E-state index contributed by atoms with van der Waals surface area (Å²) in [6.07, 6.45) is 1.24. The topological polar surface area (TPSA) is 67.4 Å². The number of carbonyl (C=O) groups is 2. The molecular weight excluding hydrogens is 280 g/mol. The van der Waals surface area contributed by atoms with Crippen molar-refractivity contribution in [2.24, 2.45) is 10.8 Å². The lowest BCUT2D eigenvalue weighted by atomic mass is 9.66. The monoisotopic (exact) mass is 302 g/mol. The van der Waals surface area contributed by atoms with Crippen molar-refractivity contribution in [2.45, 2.75) is 46.1 Å². The van der Waals surface area contributed by atoms with Crippen molar-refractivity contribution in [3.63, 3.8) is 0 Å². The molecular formula is C17H22N2O3. The van der Waals surface area contributed by atoms with Crippen LogP contribution in [0, 0.1) is 17.8 Å². The Morgan fingerprint density at radius 3 is 2.41 bits per heavy atom. The number of aryl methyl sites for hydroxylation is 1. The summed E-state index contributed by atoms with van der Waals surface area (Å²) < 4.78 is 5.56. The Bertz CT molecular complexity index is 655. The van der Waals surface area contributed by atoms with Gasteiger partial charge < -0.3 is 4.74 Å². The molecule has 1 aliphatic heterocycles. The van der Waals surface area contributed by atoms with Gasteiger partial charge in [-0.05, 0) is 38.3 Å². The van der Waals surface area contributed by atoms with Crippen LogP contribution in [0.2, 0.25) is 0 Å². The van der Waals surface area contributed by atoms with E-state index in [1.54, 1.807) is 0 Å². The summed E-state index contributed by atoms with van der Waals surface area (Å²) in [5.41, 5.74) is 5.31. The molecule has 1 heterocycles. The average Bonchev–Trinajstić information content (AvgIpc) is 2.76. The number of fused-ring (bicyclic) bond motifs is 2. The lowest BCUT2D eigenvalue weighted by Crippen LogP contribution is -2.54. The maximum atomic E-state index is 12.8. The molecule has 2 atom stereocenters. The van der Waals surface area contributed by atoms with E-state index in [0.29, 0.717) is 12.8 Å². The molecule has 1 amide bonds. The molecule has 3 rings (SSSR count). The first-order chi connectivity index (χ1) is 10.2. The quantitative estimate of drug-likeness (QED) is 0.665. The highest BCUT2D eigenvalue weighted by molar-refractivity contribution is 5.96. The van der Waals surface area contributed by atoms with Gasteiger partial charge in [0.05, 0.1) is 11.1 Å². The number of carbonyl (C=O) groups excluding carboxylic acids is 2. The predicted molar refractivity (Wildman–Crippen MR) is 82.9 cm³/mol. The van der Waals surface area contributed by atoms with E-state index in [0.717, 1.165) is 11.3 Å². The summed E-state index contributed by atoms with van der Waals surface area (Å²) in [5.74, 6) is -0.551. The van der Waals surface area contributed by atoms with Crippen LogP contribution in [0.5, 0.6) is 0 Å². The van der Waals surface area contributed by atoms with E-state index in [9.17, 15) is 9.59 Å². The molecule has 0 aromatic heterocycles. The Morgan fingerprint density at radius 2 is 1.86 bits per heavy atom. The Labute approximate surface area is 130 Å². The van der Waals surface area contributed by atoms with E-state index in [4.69, 9.17) is 4.74 Å². The second-order valence-electron chi connectivity index (χ2n) is 7.07. The molecule has 1 saturated carbocycles.